The van der Waals surface area contributed by atoms with Crippen molar-refractivity contribution in [2.24, 2.45) is 0 Å². The lowest BCUT2D eigenvalue weighted by Gasteiger charge is -2.20. The minimum atomic E-state index is -1.41. The van der Waals surface area contributed by atoms with Crippen molar-refractivity contribution >= 4 is 0 Å². The zero-order chi connectivity index (χ0) is 17.2. The van der Waals surface area contributed by atoms with Crippen molar-refractivity contribution in [3.8, 4) is 0 Å². The lowest BCUT2D eigenvalue weighted by molar-refractivity contribution is -0.171. The van der Waals surface area contributed by atoms with Gasteiger partial charge in [-0.05, 0) is 6.42 Å². The molecule has 0 radical (unpaired) electrons. The average molecular weight is 329 g/mol. The summed E-state index contributed by atoms with van der Waals surface area (Å²) < 4.78 is 0. The smallest absolute Gasteiger partial charge is 0.162 e. The van der Waals surface area contributed by atoms with E-state index in [-0.39, 0.29) is 0 Å². The van der Waals surface area contributed by atoms with Gasteiger partial charge in [0.15, 0.2) is 5.79 Å². The fourth-order valence-electron chi connectivity index (χ4n) is 3.30. The van der Waals surface area contributed by atoms with Gasteiger partial charge >= 0.3 is 0 Å². The van der Waals surface area contributed by atoms with Gasteiger partial charge in [0.05, 0.1) is 0 Å². The summed E-state index contributed by atoms with van der Waals surface area (Å²) in [6, 6.07) is 0. The third-order valence-electron chi connectivity index (χ3n) is 4.83. The Kier molecular flexibility index (Phi) is 16.7. The Morgan fingerprint density at radius 2 is 0.783 bits per heavy atom. The van der Waals surface area contributed by atoms with Crippen LogP contribution < -0.4 is 0 Å². The predicted molar refractivity (Wildman–Crippen MR) is 102 cm³/mol. The molecule has 0 heterocycles. The monoisotopic (exact) mass is 328 g/mol. The first-order chi connectivity index (χ1) is 11.1. The van der Waals surface area contributed by atoms with Crippen molar-refractivity contribution in [3.63, 3.8) is 0 Å². The number of unbranched alkanes of at least 4 members (excludes halogenated alkanes) is 14. The van der Waals surface area contributed by atoms with Crippen LogP contribution in [0.15, 0.2) is 0 Å². The van der Waals surface area contributed by atoms with Crippen LogP contribution in [0.4, 0.5) is 0 Å². The Bertz CT molecular complexity index is 226. The fourth-order valence-corrected chi connectivity index (χ4v) is 3.30. The van der Waals surface area contributed by atoms with E-state index in [0.29, 0.717) is 12.8 Å². The standard InChI is InChI=1S/C21H44O2/c1-3-5-6-7-8-9-10-11-12-13-14-15-16-17-18-20-21(22,23)19-4-2/h22-23H,3-20H2,1-2H3. The van der Waals surface area contributed by atoms with Gasteiger partial charge in [0, 0.05) is 12.8 Å². The molecule has 0 fully saturated rings. The Labute approximate surface area is 146 Å². The summed E-state index contributed by atoms with van der Waals surface area (Å²) in [6.07, 6.45) is 22.0. The van der Waals surface area contributed by atoms with E-state index in [0.717, 1.165) is 19.3 Å². The largest absolute Gasteiger partial charge is 0.366 e. The molecule has 0 unspecified atom stereocenters. The first-order valence-electron chi connectivity index (χ1n) is 10.6. The van der Waals surface area contributed by atoms with Gasteiger partial charge in [0.2, 0.25) is 0 Å². The van der Waals surface area contributed by atoms with Gasteiger partial charge in [-0.1, -0.05) is 110 Å². The van der Waals surface area contributed by atoms with E-state index in [1.807, 2.05) is 6.92 Å². The van der Waals surface area contributed by atoms with Crippen molar-refractivity contribution in [2.75, 3.05) is 0 Å². The predicted octanol–water partition coefficient (Wildman–Crippen LogP) is 6.73. The number of hydrogen-bond acceptors (Lipinski definition) is 2. The summed E-state index contributed by atoms with van der Waals surface area (Å²) in [6.45, 7) is 4.27. The van der Waals surface area contributed by atoms with Crippen LogP contribution in [0.5, 0.6) is 0 Å². The number of aliphatic hydroxyl groups is 2. The Morgan fingerprint density at radius 3 is 1.13 bits per heavy atom. The molecular formula is C21H44O2. The molecule has 0 spiro atoms. The summed E-state index contributed by atoms with van der Waals surface area (Å²) in [4.78, 5) is 0. The van der Waals surface area contributed by atoms with Crippen molar-refractivity contribution in [1.29, 1.82) is 0 Å². The SMILES string of the molecule is CCCCCCCCCCCCCCCCCC(O)(O)CCC. The molecule has 0 aromatic rings. The highest BCUT2D eigenvalue weighted by Crippen LogP contribution is 2.19. The third-order valence-corrected chi connectivity index (χ3v) is 4.83. The Hall–Kier alpha value is -0.0800. The fraction of sp³-hybridized carbons (Fsp3) is 1.00. The van der Waals surface area contributed by atoms with E-state index >= 15 is 0 Å². The van der Waals surface area contributed by atoms with E-state index in [9.17, 15) is 10.2 Å². The number of hydrogen-bond donors (Lipinski definition) is 2. The normalized spacial score (nSPS) is 12.0. The molecule has 0 aromatic heterocycles. The maximum Gasteiger partial charge on any atom is 0.162 e. The van der Waals surface area contributed by atoms with Crippen LogP contribution in [0.3, 0.4) is 0 Å². The molecule has 0 bridgehead atoms. The maximum atomic E-state index is 9.67. The number of rotatable bonds is 18. The molecule has 0 rings (SSSR count). The van der Waals surface area contributed by atoms with Crippen molar-refractivity contribution in [1.82, 2.24) is 0 Å². The zero-order valence-corrected chi connectivity index (χ0v) is 16.1. The molecule has 0 aliphatic carbocycles. The highest BCUT2D eigenvalue weighted by molar-refractivity contribution is 4.63. The second kappa shape index (κ2) is 16.8. The first kappa shape index (κ1) is 22.9. The second-order valence-electron chi connectivity index (χ2n) is 7.43. The van der Waals surface area contributed by atoms with E-state index in [1.165, 1.54) is 83.5 Å². The minimum absolute atomic E-state index is 0.506. The summed E-state index contributed by atoms with van der Waals surface area (Å²) in [7, 11) is 0. The lowest BCUT2D eigenvalue weighted by atomic mass is 10.0. The molecule has 0 saturated heterocycles. The van der Waals surface area contributed by atoms with Crippen LogP contribution in [0.2, 0.25) is 0 Å². The van der Waals surface area contributed by atoms with Crippen LogP contribution in [-0.4, -0.2) is 16.0 Å². The Balaban J connectivity index is 3.11. The first-order valence-corrected chi connectivity index (χ1v) is 10.6. The van der Waals surface area contributed by atoms with Gasteiger partial charge in [-0.2, -0.15) is 0 Å². The van der Waals surface area contributed by atoms with E-state index in [4.69, 9.17) is 0 Å². The van der Waals surface area contributed by atoms with Crippen LogP contribution >= 0.6 is 0 Å². The Morgan fingerprint density at radius 1 is 0.435 bits per heavy atom. The zero-order valence-electron chi connectivity index (χ0n) is 16.1. The highest BCUT2D eigenvalue weighted by Gasteiger charge is 2.20. The highest BCUT2D eigenvalue weighted by atomic mass is 16.5. The van der Waals surface area contributed by atoms with Gasteiger partial charge in [0.1, 0.15) is 0 Å². The van der Waals surface area contributed by atoms with E-state index in [2.05, 4.69) is 6.92 Å². The van der Waals surface area contributed by atoms with E-state index < -0.39 is 5.79 Å². The molecule has 140 valence electrons. The van der Waals surface area contributed by atoms with Gasteiger partial charge in [-0.15, -0.1) is 0 Å². The molecule has 0 saturated carbocycles. The van der Waals surface area contributed by atoms with Gasteiger partial charge in [-0.25, -0.2) is 0 Å². The van der Waals surface area contributed by atoms with Gasteiger partial charge in [-0.3, -0.25) is 0 Å². The average Bonchev–Trinajstić information content (AvgIpc) is 2.51. The maximum absolute atomic E-state index is 9.67. The molecule has 0 aliphatic heterocycles. The van der Waals surface area contributed by atoms with Gasteiger partial charge < -0.3 is 10.2 Å². The minimum Gasteiger partial charge on any atom is -0.366 e. The lowest BCUT2D eigenvalue weighted by Crippen LogP contribution is -2.27. The van der Waals surface area contributed by atoms with Gasteiger partial charge in [0.25, 0.3) is 0 Å². The third kappa shape index (κ3) is 18.1. The van der Waals surface area contributed by atoms with E-state index in [1.54, 1.807) is 0 Å². The van der Waals surface area contributed by atoms with Crippen molar-refractivity contribution < 1.29 is 10.2 Å². The summed E-state index contributed by atoms with van der Waals surface area (Å²) in [5, 5.41) is 19.3. The van der Waals surface area contributed by atoms with Crippen LogP contribution in [0, 0.1) is 0 Å². The molecule has 23 heavy (non-hydrogen) atoms. The summed E-state index contributed by atoms with van der Waals surface area (Å²) in [5.74, 6) is -1.41. The van der Waals surface area contributed by atoms with Crippen LogP contribution in [0.25, 0.3) is 0 Å². The molecule has 0 atom stereocenters. The van der Waals surface area contributed by atoms with Crippen LogP contribution in [-0.2, 0) is 0 Å². The van der Waals surface area contributed by atoms with Crippen molar-refractivity contribution in [2.45, 2.75) is 135 Å². The summed E-state index contributed by atoms with van der Waals surface area (Å²) >= 11 is 0. The molecule has 2 heteroatoms. The molecule has 2 nitrogen and oxygen atoms in total. The summed E-state index contributed by atoms with van der Waals surface area (Å²) in [5.41, 5.74) is 0. The quantitative estimate of drug-likeness (QED) is 0.216. The molecule has 0 amide bonds. The molecule has 2 N–H and O–H groups in total. The molecule has 0 aliphatic rings. The molecular weight excluding hydrogens is 284 g/mol. The van der Waals surface area contributed by atoms with Crippen LogP contribution in [0.1, 0.15) is 129 Å². The second-order valence-corrected chi connectivity index (χ2v) is 7.43. The topological polar surface area (TPSA) is 40.5 Å². The van der Waals surface area contributed by atoms with Crippen molar-refractivity contribution in [3.05, 3.63) is 0 Å². The molecule has 0 aromatic carbocycles.